The molecule has 2 N–H and O–H groups in total. The predicted octanol–water partition coefficient (Wildman–Crippen LogP) is 4.39. The van der Waals surface area contributed by atoms with Gasteiger partial charge in [0.15, 0.2) is 11.5 Å². The van der Waals surface area contributed by atoms with E-state index in [0.29, 0.717) is 11.3 Å². The molecular weight excluding hydrogens is 355 g/mol. The molecule has 0 aliphatic heterocycles. The fourth-order valence-corrected chi connectivity index (χ4v) is 2.93. The van der Waals surface area contributed by atoms with E-state index in [4.69, 9.17) is 5.73 Å². The summed E-state index contributed by atoms with van der Waals surface area (Å²) in [5, 5.41) is 6.07. The summed E-state index contributed by atoms with van der Waals surface area (Å²) < 4.78 is 41.5. The third-order valence-corrected chi connectivity index (χ3v) is 4.12. The number of hydrogen-bond donors (Lipinski definition) is 1. The van der Waals surface area contributed by atoms with Crippen LogP contribution in [0, 0.1) is 6.92 Å². The molecule has 5 nitrogen and oxygen atoms in total. The van der Waals surface area contributed by atoms with Gasteiger partial charge < -0.3 is 5.73 Å². The first kappa shape index (κ1) is 17.0. The first-order chi connectivity index (χ1) is 12.8. The number of aryl methyl sites for hydroxylation is 1. The molecule has 2 aromatic carbocycles. The smallest absolute Gasteiger partial charge is 0.368 e. The van der Waals surface area contributed by atoms with Gasteiger partial charge in [-0.3, -0.25) is 0 Å². The van der Waals surface area contributed by atoms with Crippen molar-refractivity contribution in [2.45, 2.75) is 13.1 Å². The quantitative estimate of drug-likeness (QED) is 0.569. The SMILES string of the molecule is Cc1cc(-n2nc(-c3ccc4ccccc4c3)cc2C(F)(F)F)nc(N)n1. The number of nitrogen functional groups attached to an aromatic ring is 1. The van der Waals surface area contributed by atoms with Gasteiger partial charge in [-0.25, -0.2) is 9.67 Å². The number of benzene rings is 2. The Hall–Kier alpha value is -3.42. The number of halogens is 3. The second kappa shape index (κ2) is 6.08. The molecule has 2 aromatic heterocycles. The minimum atomic E-state index is -4.60. The summed E-state index contributed by atoms with van der Waals surface area (Å²) in [6.07, 6.45) is -4.60. The van der Waals surface area contributed by atoms with Crippen molar-refractivity contribution in [3.63, 3.8) is 0 Å². The van der Waals surface area contributed by atoms with E-state index in [-0.39, 0.29) is 17.5 Å². The number of hydrogen-bond acceptors (Lipinski definition) is 4. The van der Waals surface area contributed by atoms with Crippen molar-refractivity contribution < 1.29 is 13.2 Å². The first-order valence-electron chi connectivity index (χ1n) is 8.09. The minimum Gasteiger partial charge on any atom is -0.368 e. The topological polar surface area (TPSA) is 69.6 Å². The van der Waals surface area contributed by atoms with Crippen LogP contribution < -0.4 is 5.73 Å². The van der Waals surface area contributed by atoms with Crippen molar-refractivity contribution in [1.29, 1.82) is 0 Å². The summed E-state index contributed by atoms with van der Waals surface area (Å²) in [6.45, 7) is 1.63. The maximum Gasteiger partial charge on any atom is 0.433 e. The van der Waals surface area contributed by atoms with Gasteiger partial charge >= 0.3 is 6.18 Å². The van der Waals surface area contributed by atoms with Crippen LogP contribution in [0.4, 0.5) is 19.1 Å². The molecule has 0 aliphatic carbocycles. The van der Waals surface area contributed by atoms with Crippen LogP contribution in [-0.2, 0) is 6.18 Å². The molecule has 27 heavy (non-hydrogen) atoms. The minimum absolute atomic E-state index is 0.0284. The highest BCUT2D eigenvalue weighted by molar-refractivity contribution is 5.86. The van der Waals surface area contributed by atoms with Gasteiger partial charge in [0.1, 0.15) is 0 Å². The van der Waals surface area contributed by atoms with Crippen molar-refractivity contribution in [3.05, 3.63) is 66.0 Å². The monoisotopic (exact) mass is 369 g/mol. The number of anilines is 1. The lowest BCUT2D eigenvalue weighted by Crippen LogP contribution is -2.15. The highest BCUT2D eigenvalue weighted by Gasteiger charge is 2.37. The highest BCUT2D eigenvalue weighted by Crippen LogP contribution is 2.34. The maximum atomic E-state index is 13.6. The van der Waals surface area contributed by atoms with E-state index >= 15 is 0 Å². The molecule has 136 valence electrons. The molecule has 0 saturated heterocycles. The van der Waals surface area contributed by atoms with Crippen LogP contribution in [0.15, 0.2) is 54.6 Å². The zero-order valence-corrected chi connectivity index (χ0v) is 14.2. The van der Waals surface area contributed by atoms with E-state index in [2.05, 4.69) is 15.1 Å². The maximum absolute atomic E-state index is 13.6. The Morgan fingerprint density at radius 1 is 0.926 bits per heavy atom. The summed E-state index contributed by atoms with van der Waals surface area (Å²) in [4.78, 5) is 7.80. The summed E-state index contributed by atoms with van der Waals surface area (Å²) >= 11 is 0. The predicted molar refractivity (Wildman–Crippen MR) is 96.2 cm³/mol. The van der Waals surface area contributed by atoms with Crippen LogP contribution in [0.2, 0.25) is 0 Å². The fraction of sp³-hybridized carbons (Fsp3) is 0.105. The van der Waals surface area contributed by atoms with Crippen LogP contribution in [-0.4, -0.2) is 19.7 Å². The van der Waals surface area contributed by atoms with Crippen LogP contribution in [0.1, 0.15) is 11.4 Å². The number of nitrogens with zero attached hydrogens (tertiary/aromatic N) is 4. The molecule has 8 heteroatoms. The van der Waals surface area contributed by atoms with Crippen LogP contribution in [0.25, 0.3) is 27.8 Å². The van der Waals surface area contributed by atoms with E-state index in [1.165, 1.54) is 6.07 Å². The molecule has 0 spiro atoms. The Balaban J connectivity index is 1.90. The van der Waals surface area contributed by atoms with Gasteiger partial charge in [-0.05, 0) is 29.8 Å². The van der Waals surface area contributed by atoms with E-state index in [1.807, 2.05) is 36.4 Å². The first-order valence-corrected chi connectivity index (χ1v) is 8.09. The van der Waals surface area contributed by atoms with Gasteiger partial charge in [-0.1, -0.05) is 36.4 Å². The highest BCUT2D eigenvalue weighted by atomic mass is 19.4. The lowest BCUT2D eigenvalue weighted by atomic mass is 10.1. The van der Waals surface area contributed by atoms with E-state index in [9.17, 15) is 13.2 Å². The van der Waals surface area contributed by atoms with Crippen LogP contribution in [0.3, 0.4) is 0 Å². The number of aromatic nitrogens is 4. The number of rotatable bonds is 2. The summed E-state index contributed by atoms with van der Waals surface area (Å²) in [5.41, 5.74) is 5.89. The van der Waals surface area contributed by atoms with E-state index < -0.39 is 11.9 Å². The van der Waals surface area contributed by atoms with Gasteiger partial charge in [0.25, 0.3) is 0 Å². The molecule has 0 atom stereocenters. The van der Waals surface area contributed by atoms with Crippen molar-refractivity contribution in [2.75, 3.05) is 5.73 Å². The lowest BCUT2D eigenvalue weighted by molar-refractivity contribution is -0.142. The van der Waals surface area contributed by atoms with Gasteiger partial charge in [0, 0.05) is 17.3 Å². The number of nitrogens with two attached hydrogens (primary N) is 1. The van der Waals surface area contributed by atoms with Gasteiger partial charge in [-0.2, -0.15) is 23.3 Å². The second-order valence-corrected chi connectivity index (χ2v) is 6.11. The summed E-state index contributed by atoms with van der Waals surface area (Å²) in [5.74, 6) is -0.139. The molecule has 0 saturated carbocycles. The van der Waals surface area contributed by atoms with Gasteiger partial charge in [0.05, 0.1) is 5.69 Å². The normalized spacial score (nSPS) is 11.9. The molecule has 0 aliphatic rings. The van der Waals surface area contributed by atoms with Crippen molar-refractivity contribution in [2.24, 2.45) is 0 Å². The molecular formula is C19H14F3N5. The fourth-order valence-electron chi connectivity index (χ4n) is 2.93. The standard InChI is InChI=1S/C19H14F3N5/c1-11-8-17(25-18(23)24-11)27-16(19(20,21)22)10-15(26-27)14-7-6-12-4-2-3-5-13(12)9-14/h2-10H,1H3,(H2,23,24,25). The second-order valence-electron chi connectivity index (χ2n) is 6.11. The lowest BCUT2D eigenvalue weighted by Gasteiger charge is -2.10. The van der Waals surface area contributed by atoms with Crippen molar-refractivity contribution in [3.8, 4) is 17.1 Å². The molecule has 0 fully saturated rings. The summed E-state index contributed by atoms with van der Waals surface area (Å²) in [7, 11) is 0. The molecule has 0 radical (unpaired) electrons. The van der Waals surface area contributed by atoms with Gasteiger partial charge in [0.2, 0.25) is 5.95 Å². The largest absolute Gasteiger partial charge is 0.433 e. The molecule has 0 amide bonds. The zero-order chi connectivity index (χ0) is 19.2. The Morgan fingerprint density at radius 2 is 1.67 bits per heavy atom. The van der Waals surface area contributed by atoms with Crippen LogP contribution >= 0.6 is 0 Å². The third-order valence-electron chi connectivity index (χ3n) is 4.12. The molecule has 2 heterocycles. The van der Waals surface area contributed by atoms with Crippen molar-refractivity contribution >= 4 is 16.7 Å². The third kappa shape index (κ3) is 3.21. The zero-order valence-electron chi connectivity index (χ0n) is 14.2. The molecule has 0 unspecified atom stereocenters. The van der Waals surface area contributed by atoms with E-state index in [0.717, 1.165) is 21.5 Å². The van der Waals surface area contributed by atoms with Crippen molar-refractivity contribution in [1.82, 2.24) is 19.7 Å². The molecule has 0 bridgehead atoms. The summed E-state index contributed by atoms with van der Waals surface area (Å²) in [6, 6.07) is 15.4. The number of alkyl halides is 3. The number of fused-ring (bicyclic) bond motifs is 1. The Labute approximate surface area is 152 Å². The Bertz CT molecular complexity index is 1130. The Morgan fingerprint density at radius 3 is 2.37 bits per heavy atom. The van der Waals surface area contributed by atoms with Crippen LogP contribution in [0.5, 0.6) is 0 Å². The average molecular weight is 369 g/mol. The molecule has 4 aromatic rings. The average Bonchev–Trinajstić information content (AvgIpc) is 3.06. The molecule has 4 rings (SSSR count). The van der Waals surface area contributed by atoms with Gasteiger partial charge in [-0.15, -0.1) is 0 Å². The Kier molecular flexibility index (Phi) is 3.83. The van der Waals surface area contributed by atoms with E-state index in [1.54, 1.807) is 13.0 Å².